The van der Waals surface area contributed by atoms with Crippen molar-refractivity contribution in [2.75, 3.05) is 6.61 Å². The Balaban J connectivity index is 2.11. The lowest BCUT2D eigenvalue weighted by Gasteiger charge is -2.18. The number of hydrogen-bond donors (Lipinski definition) is 1. The summed E-state index contributed by atoms with van der Waals surface area (Å²) in [5.74, 6) is 1.55. The van der Waals surface area contributed by atoms with E-state index >= 15 is 0 Å². The Kier molecular flexibility index (Phi) is 5.13. The molecular formula is C17H24N2O4. The first-order chi connectivity index (χ1) is 10.8. The molecule has 126 valence electrons. The molecular weight excluding hydrogens is 296 g/mol. The number of nitrogens with one attached hydrogen (secondary N) is 1. The average Bonchev–Trinajstić information content (AvgIpc) is 2.76. The summed E-state index contributed by atoms with van der Waals surface area (Å²) in [5, 5.41) is 3.93. The predicted octanol–water partition coefficient (Wildman–Crippen LogP) is 3.27. The highest BCUT2D eigenvalue weighted by atomic mass is 16.6. The first-order valence-corrected chi connectivity index (χ1v) is 7.77. The second-order valence-corrected chi connectivity index (χ2v) is 6.44. The standard InChI is InChI=1S/C17H24N2O4/c1-6-21-14-8-12-7-11(2)22-15(12)9-13(14)10-18-19-16(20)23-17(3,4)5/h8-11H,6-7H2,1-5H3,(H,19,20)/b18-10-/t11-/m1/s1. The number of carbonyl (C=O) groups is 1. The number of rotatable bonds is 4. The van der Waals surface area contributed by atoms with Crippen molar-refractivity contribution >= 4 is 12.3 Å². The van der Waals surface area contributed by atoms with Gasteiger partial charge in [-0.05, 0) is 46.8 Å². The quantitative estimate of drug-likeness (QED) is 0.683. The zero-order valence-electron chi connectivity index (χ0n) is 14.3. The molecule has 6 heteroatoms. The summed E-state index contributed by atoms with van der Waals surface area (Å²) in [6.07, 6.45) is 1.95. The first-order valence-electron chi connectivity index (χ1n) is 7.77. The van der Waals surface area contributed by atoms with Crippen LogP contribution in [0.2, 0.25) is 0 Å². The minimum Gasteiger partial charge on any atom is -0.493 e. The molecule has 1 amide bonds. The Morgan fingerprint density at radius 1 is 1.48 bits per heavy atom. The van der Waals surface area contributed by atoms with Gasteiger partial charge in [0.15, 0.2) is 0 Å². The lowest BCUT2D eigenvalue weighted by atomic mass is 10.1. The van der Waals surface area contributed by atoms with Crippen LogP contribution >= 0.6 is 0 Å². The van der Waals surface area contributed by atoms with E-state index in [1.54, 1.807) is 20.8 Å². The van der Waals surface area contributed by atoms with Crippen molar-refractivity contribution in [2.45, 2.75) is 52.7 Å². The van der Waals surface area contributed by atoms with Crippen LogP contribution in [0.5, 0.6) is 11.5 Å². The fourth-order valence-corrected chi connectivity index (χ4v) is 2.29. The normalized spacial score (nSPS) is 16.8. The summed E-state index contributed by atoms with van der Waals surface area (Å²) >= 11 is 0. The van der Waals surface area contributed by atoms with E-state index in [2.05, 4.69) is 10.5 Å². The smallest absolute Gasteiger partial charge is 0.428 e. The lowest BCUT2D eigenvalue weighted by molar-refractivity contribution is 0.0529. The van der Waals surface area contributed by atoms with E-state index < -0.39 is 11.7 Å². The molecule has 0 saturated carbocycles. The van der Waals surface area contributed by atoms with Crippen molar-refractivity contribution in [1.82, 2.24) is 5.43 Å². The van der Waals surface area contributed by atoms with Gasteiger partial charge in [0.1, 0.15) is 23.2 Å². The van der Waals surface area contributed by atoms with E-state index in [0.717, 1.165) is 29.0 Å². The van der Waals surface area contributed by atoms with Gasteiger partial charge in [-0.1, -0.05) is 0 Å². The number of amides is 1. The molecule has 0 unspecified atom stereocenters. The van der Waals surface area contributed by atoms with Crippen LogP contribution < -0.4 is 14.9 Å². The SMILES string of the molecule is CCOc1cc2c(cc1/C=N\NC(=O)OC(C)(C)C)O[C@H](C)C2. The molecule has 0 aromatic heterocycles. The van der Waals surface area contributed by atoms with Crippen molar-refractivity contribution in [2.24, 2.45) is 5.10 Å². The van der Waals surface area contributed by atoms with Crippen LogP contribution in [-0.2, 0) is 11.2 Å². The van der Waals surface area contributed by atoms with E-state index in [1.165, 1.54) is 6.21 Å². The fraction of sp³-hybridized carbons (Fsp3) is 0.529. The Hall–Kier alpha value is -2.24. The summed E-state index contributed by atoms with van der Waals surface area (Å²) in [7, 11) is 0. The minimum absolute atomic E-state index is 0.159. The maximum absolute atomic E-state index is 11.6. The predicted molar refractivity (Wildman–Crippen MR) is 88.4 cm³/mol. The summed E-state index contributed by atoms with van der Waals surface area (Å²) < 4.78 is 16.5. The molecule has 1 aliphatic heterocycles. The highest BCUT2D eigenvalue weighted by Gasteiger charge is 2.21. The fourth-order valence-electron chi connectivity index (χ4n) is 2.29. The summed E-state index contributed by atoms with van der Waals surface area (Å²) in [6, 6.07) is 3.85. The van der Waals surface area contributed by atoms with Gasteiger partial charge in [0.2, 0.25) is 0 Å². The third-order valence-electron chi connectivity index (χ3n) is 3.09. The number of hydrogen-bond acceptors (Lipinski definition) is 5. The minimum atomic E-state index is -0.599. The van der Waals surface area contributed by atoms with Crippen molar-refractivity contribution in [3.63, 3.8) is 0 Å². The van der Waals surface area contributed by atoms with Crippen molar-refractivity contribution in [3.05, 3.63) is 23.3 Å². The second-order valence-electron chi connectivity index (χ2n) is 6.44. The van der Waals surface area contributed by atoms with E-state index in [-0.39, 0.29) is 6.10 Å². The first kappa shape index (κ1) is 17.1. The van der Waals surface area contributed by atoms with Crippen molar-refractivity contribution in [1.29, 1.82) is 0 Å². The summed E-state index contributed by atoms with van der Waals surface area (Å²) in [5.41, 5.74) is 3.65. The molecule has 1 aromatic rings. The Morgan fingerprint density at radius 3 is 2.87 bits per heavy atom. The van der Waals surface area contributed by atoms with E-state index in [9.17, 15) is 4.79 Å². The molecule has 1 atom stereocenters. The molecule has 1 aliphatic rings. The third-order valence-corrected chi connectivity index (χ3v) is 3.09. The number of hydrazone groups is 1. The molecule has 23 heavy (non-hydrogen) atoms. The van der Waals surface area contributed by atoms with Crippen LogP contribution in [-0.4, -0.2) is 30.6 Å². The summed E-state index contributed by atoms with van der Waals surface area (Å²) in [6.45, 7) is 9.88. The van der Waals surface area contributed by atoms with E-state index in [0.29, 0.717) is 6.61 Å². The Labute approximate surface area is 136 Å². The maximum atomic E-state index is 11.6. The van der Waals surface area contributed by atoms with Gasteiger partial charge < -0.3 is 14.2 Å². The van der Waals surface area contributed by atoms with E-state index in [4.69, 9.17) is 14.2 Å². The van der Waals surface area contributed by atoms with Gasteiger partial charge in [0, 0.05) is 17.5 Å². The number of fused-ring (bicyclic) bond motifs is 1. The lowest BCUT2D eigenvalue weighted by Crippen LogP contribution is -2.29. The van der Waals surface area contributed by atoms with Crippen molar-refractivity contribution in [3.8, 4) is 11.5 Å². The zero-order chi connectivity index (χ0) is 17.0. The van der Waals surface area contributed by atoms with Crippen LogP contribution in [0.25, 0.3) is 0 Å². The molecule has 1 N–H and O–H groups in total. The summed E-state index contributed by atoms with van der Waals surface area (Å²) in [4.78, 5) is 11.6. The van der Waals surface area contributed by atoms with Gasteiger partial charge in [0.25, 0.3) is 0 Å². The van der Waals surface area contributed by atoms with Gasteiger partial charge in [-0.2, -0.15) is 5.10 Å². The molecule has 2 rings (SSSR count). The van der Waals surface area contributed by atoms with E-state index in [1.807, 2.05) is 26.0 Å². The van der Waals surface area contributed by atoms with Crippen LogP contribution in [0.1, 0.15) is 45.7 Å². The molecule has 0 spiro atoms. The highest BCUT2D eigenvalue weighted by molar-refractivity contribution is 5.85. The van der Waals surface area contributed by atoms with Gasteiger partial charge >= 0.3 is 6.09 Å². The second kappa shape index (κ2) is 6.89. The number of ether oxygens (including phenoxy) is 3. The number of nitrogens with zero attached hydrogens (tertiary/aromatic N) is 1. The van der Waals surface area contributed by atoms with Crippen LogP contribution in [0.15, 0.2) is 17.2 Å². The monoisotopic (exact) mass is 320 g/mol. The van der Waals surface area contributed by atoms with Crippen LogP contribution in [0.3, 0.4) is 0 Å². The van der Waals surface area contributed by atoms with Gasteiger partial charge in [-0.25, -0.2) is 10.2 Å². The number of benzene rings is 1. The Morgan fingerprint density at radius 2 is 2.22 bits per heavy atom. The molecule has 0 fully saturated rings. The number of carbonyl (C=O) groups excluding carboxylic acids is 1. The molecule has 0 radical (unpaired) electrons. The molecule has 0 aliphatic carbocycles. The third kappa shape index (κ3) is 4.87. The molecule has 1 aromatic carbocycles. The van der Waals surface area contributed by atoms with Gasteiger partial charge in [-0.15, -0.1) is 0 Å². The molecule has 6 nitrogen and oxygen atoms in total. The average molecular weight is 320 g/mol. The Bertz CT molecular complexity index is 605. The van der Waals surface area contributed by atoms with Crippen LogP contribution in [0.4, 0.5) is 4.79 Å². The van der Waals surface area contributed by atoms with Crippen molar-refractivity contribution < 1.29 is 19.0 Å². The highest BCUT2D eigenvalue weighted by Crippen LogP contribution is 2.34. The maximum Gasteiger partial charge on any atom is 0.428 e. The molecule has 0 bridgehead atoms. The zero-order valence-corrected chi connectivity index (χ0v) is 14.3. The van der Waals surface area contributed by atoms with Crippen LogP contribution in [0, 0.1) is 0 Å². The topological polar surface area (TPSA) is 69.2 Å². The largest absolute Gasteiger partial charge is 0.493 e. The molecule has 0 saturated heterocycles. The molecule has 1 heterocycles. The van der Waals surface area contributed by atoms with Gasteiger partial charge in [0.05, 0.1) is 12.8 Å². The van der Waals surface area contributed by atoms with Gasteiger partial charge in [-0.3, -0.25) is 0 Å².